The highest BCUT2D eigenvalue weighted by atomic mass is 79.9. The fourth-order valence-corrected chi connectivity index (χ4v) is 1.76. The van der Waals surface area contributed by atoms with Crippen molar-refractivity contribution in [2.24, 2.45) is 7.05 Å². The van der Waals surface area contributed by atoms with Crippen LogP contribution in [0, 0.1) is 0 Å². The summed E-state index contributed by atoms with van der Waals surface area (Å²) in [6, 6.07) is 8.11. The lowest BCUT2D eigenvalue weighted by Crippen LogP contribution is -1.95. The molecule has 2 rings (SSSR count). The number of rotatable bonds is 2. The standard InChI is InChI=1S/C12H14BrN3/c1-8(2)11-14-12(16(3)15-11)9-4-6-10(13)7-5-9/h4-8H,1-3H3. The van der Waals surface area contributed by atoms with Crippen LogP contribution in [0.4, 0.5) is 0 Å². The van der Waals surface area contributed by atoms with E-state index >= 15 is 0 Å². The van der Waals surface area contributed by atoms with Crippen molar-refractivity contribution in [2.75, 3.05) is 0 Å². The predicted octanol–water partition coefficient (Wildman–Crippen LogP) is 3.37. The van der Waals surface area contributed by atoms with Gasteiger partial charge in [0.1, 0.15) is 0 Å². The molecule has 0 spiro atoms. The molecule has 3 nitrogen and oxygen atoms in total. The molecule has 0 radical (unpaired) electrons. The van der Waals surface area contributed by atoms with Crippen LogP contribution in [0.15, 0.2) is 28.7 Å². The van der Waals surface area contributed by atoms with Crippen LogP contribution in [0.2, 0.25) is 0 Å². The molecule has 0 fully saturated rings. The Bertz CT molecular complexity index is 485. The molecule has 0 saturated heterocycles. The molecule has 0 N–H and O–H groups in total. The average molecular weight is 280 g/mol. The summed E-state index contributed by atoms with van der Waals surface area (Å²) < 4.78 is 2.90. The second-order valence-corrected chi connectivity index (χ2v) is 4.99. The molecule has 16 heavy (non-hydrogen) atoms. The lowest BCUT2D eigenvalue weighted by Gasteiger charge is -1.99. The highest BCUT2D eigenvalue weighted by Gasteiger charge is 2.11. The van der Waals surface area contributed by atoms with Crippen molar-refractivity contribution >= 4 is 15.9 Å². The summed E-state index contributed by atoms with van der Waals surface area (Å²) >= 11 is 3.42. The second kappa shape index (κ2) is 4.37. The zero-order valence-electron chi connectivity index (χ0n) is 9.61. The number of halogens is 1. The van der Waals surface area contributed by atoms with Crippen LogP contribution in [0.5, 0.6) is 0 Å². The molecule has 2 aromatic rings. The van der Waals surface area contributed by atoms with Gasteiger partial charge in [0, 0.05) is 23.0 Å². The first kappa shape index (κ1) is 11.3. The number of aryl methyl sites for hydroxylation is 1. The van der Waals surface area contributed by atoms with Gasteiger partial charge in [-0.05, 0) is 12.1 Å². The van der Waals surface area contributed by atoms with E-state index in [1.807, 2.05) is 36.0 Å². The number of nitrogens with zero attached hydrogens (tertiary/aromatic N) is 3. The molecule has 1 heterocycles. The molecule has 1 aromatic carbocycles. The van der Waals surface area contributed by atoms with E-state index in [9.17, 15) is 0 Å². The first-order valence-corrected chi connectivity index (χ1v) is 6.04. The Hall–Kier alpha value is -1.16. The van der Waals surface area contributed by atoms with E-state index in [0.717, 1.165) is 21.7 Å². The maximum absolute atomic E-state index is 4.55. The normalized spacial score (nSPS) is 11.1. The molecule has 1 aromatic heterocycles. The van der Waals surface area contributed by atoms with Crippen molar-refractivity contribution in [3.05, 3.63) is 34.6 Å². The predicted molar refractivity (Wildman–Crippen MR) is 68.2 cm³/mol. The minimum absolute atomic E-state index is 0.357. The molecule has 0 amide bonds. The van der Waals surface area contributed by atoms with Crippen LogP contribution in [0.3, 0.4) is 0 Å². The lowest BCUT2D eigenvalue weighted by molar-refractivity contribution is 0.712. The van der Waals surface area contributed by atoms with Crippen molar-refractivity contribution in [3.63, 3.8) is 0 Å². The van der Waals surface area contributed by atoms with Crippen molar-refractivity contribution in [3.8, 4) is 11.4 Å². The first-order chi connectivity index (χ1) is 7.58. The van der Waals surface area contributed by atoms with Gasteiger partial charge in [0.15, 0.2) is 11.6 Å². The van der Waals surface area contributed by atoms with Crippen LogP contribution < -0.4 is 0 Å². The summed E-state index contributed by atoms with van der Waals surface area (Å²) in [5, 5.41) is 4.40. The Morgan fingerprint density at radius 3 is 2.31 bits per heavy atom. The Kier molecular flexibility index (Phi) is 3.10. The minimum atomic E-state index is 0.357. The SMILES string of the molecule is CC(C)c1nc(-c2ccc(Br)cc2)n(C)n1. The van der Waals surface area contributed by atoms with Gasteiger partial charge in [-0.15, -0.1) is 0 Å². The molecule has 0 aliphatic rings. The van der Waals surface area contributed by atoms with E-state index in [4.69, 9.17) is 0 Å². The third-order valence-electron chi connectivity index (χ3n) is 2.40. The summed E-state index contributed by atoms with van der Waals surface area (Å²) in [4.78, 5) is 4.55. The molecule has 0 aliphatic heterocycles. The van der Waals surface area contributed by atoms with Gasteiger partial charge < -0.3 is 0 Å². The summed E-state index contributed by atoms with van der Waals surface area (Å²) in [6.45, 7) is 4.20. The van der Waals surface area contributed by atoms with Gasteiger partial charge in [-0.25, -0.2) is 9.67 Å². The van der Waals surface area contributed by atoms with Gasteiger partial charge in [0.25, 0.3) is 0 Å². The average Bonchev–Trinajstić information content (AvgIpc) is 2.62. The van der Waals surface area contributed by atoms with Gasteiger partial charge in [0.05, 0.1) is 0 Å². The maximum atomic E-state index is 4.55. The molecular weight excluding hydrogens is 266 g/mol. The van der Waals surface area contributed by atoms with Crippen LogP contribution in [0.1, 0.15) is 25.6 Å². The smallest absolute Gasteiger partial charge is 0.158 e. The maximum Gasteiger partial charge on any atom is 0.158 e. The van der Waals surface area contributed by atoms with Gasteiger partial charge in [-0.1, -0.05) is 41.9 Å². The van der Waals surface area contributed by atoms with Crippen LogP contribution in [-0.4, -0.2) is 14.8 Å². The van der Waals surface area contributed by atoms with E-state index in [0.29, 0.717) is 5.92 Å². The Morgan fingerprint density at radius 1 is 1.19 bits per heavy atom. The lowest BCUT2D eigenvalue weighted by atomic mass is 10.2. The summed E-state index contributed by atoms with van der Waals surface area (Å²) in [5.41, 5.74) is 1.09. The second-order valence-electron chi connectivity index (χ2n) is 4.08. The molecule has 0 aliphatic carbocycles. The van der Waals surface area contributed by atoms with Gasteiger partial charge in [-0.3, -0.25) is 0 Å². The van der Waals surface area contributed by atoms with Crippen molar-refractivity contribution < 1.29 is 0 Å². The van der Waals surface area contributed by atoms with Gasteiger partial charge in [-0.2, -0.15) is 5.10 Å². The first-order valence-electron chi connectivity index (χ1n) is 5.25. The molecule has 0 bridgehead atoms. The van der Waals surface area contributed by atoms with Gasteiger partial charge >= 0.3 is 0 Å². The van der Waals surface area contributed by atoms with Crippen LogP contribution >= 0.6 is 15.9 Å². The third kappa shape index (κ3) is 2.16. The zero-order valence-corrected chi connectivity index (χ0v) is 11.2. The van der Waals surface area contributed by atoms with E-state index in [-0.39, 0.29) is 0 Å². The summed E-state index contributed by atoms with van der Waals surface area (Å²) in [6.07, 6.45) is 0. The number of hydrogen-bond donors (Lipinski definition) is 0. The molecule has 4 heteroatoms. The number of hydrogen-bond acceptors (Lipinski definition) is 2. The molecule has 0 unspecified atom stereocenters. The van der Waals surface area contributed by atoms with Gasteiger partial charge in [0.2, 0.25) is 0 Å². The largest absolute Gasteiger partial charge is 0.249 e. The highest BCUT2D eigenvalue weighted by Crippen LogP contribution is 2.21. The summed E-state index contributed by atoms with van der Waals surface area (Å²) in [5.74, 6) is 2.16. The van der Waals surface area contributed by atoms with Crippen molar-refractivity contribution in [1.29, 1.82) is 0 Å². The quantitative estimate of drug-likeness (QED) is 0.844. The van der Waals surface area contributed by atoms with E-state index in [1.54, 1.807) is 0 Å². The fraction of sp³-hybridized carbons (Fsp3) is 0.333. The summed E-state index contributed by atoms with van der Waals surface area (Å²) in [7, 11) is 1.93. The Morgan fingerprint density at radius 2 is 1.81 bits per heavy atom. The van der Waals surface area contributed by atoms with Crippen LogP contribution in [0.25, 0.3) is 11.4 Å². The van der Waals surface area contributed by atoms with Crippen molar-refractivity contribution in [2.45, 2.75) is 19.8 Å². The number of aromatic nitrogens is 3. The van der Waals surface area contributed by atoms with E-state index in [2.05, 4.69) is 39.9 Å². The highest BCUT2D eigenvalue weighted by molar-refractivity contribution is 9.10. The monoisotopic (exact) mass is 279 g/mol. The topological polar surface area (TPSA) is 30.7 Å². The number of benzene rings is 1. The molecule has 0 atom stereocenters. The van der Waals surface area contributed by atoms with Crippen molar-refractivity contribution in [1.82, 2.24) is 14.8 Å². The Labute approximate surface area is 104 Å². The molecule has 0 saturated carbocycles. The third-order valence-corrected chi connectivity index (χ3v) is 2.93. The zero-order chi connectivity index (χ0) is 11.7. The van der Waals surface area contributed by atoms with E-state index < -0.39 is 0 Å². The fourth-order valence-electron chi connectivity index (χ4n) is 1.50. The Balaban J connectivity index is 2.44. The molecular formula is C12H14BrN3. The van der Waals surface area contributed by atoms with E-state index in [1.165, 1.54) is 0 Å². The van der Waals surface area contributed by atoms with Crippen LogP contribution in [-0.2, 0) is 7.05 Å². The molecule has 84 valence electrons. The minimum Gasteiger partial charge on any atom is -0.249 e.